The number of nitrogens with zero attached hydrogens (tertiary/aromatic N) is 2. The van der Waals surface area contributed by atoms with Crippen LogP contribution in [-0.2, 0) is 19.9 Å². The zero-order valence-electron chi connectivity index (χ0n) is 11.7. The number of aromatic nitrogens is 2. The van der Waals surface area contributed by atoms with Gasteiger partial charge in [0.1, 0.15) is 0 Å². The Hall–Kier alpha value is -0.540. The number of rotatable bonds is 5. The fraction of sp³-hybridized carbons (Fsp3) is 0.786. The van der Waals surface area contributed by atoms with Crippen LogP contribution in [0, 0.1) is 5.92 Å². The summed E-state index contributed by atoms with van der Waals surface area (Å²) in [4.78, 5) is 0. The second kappa shape index (κ2) is 6.07. The largest absolute Gasteiger partial charge is 0.314 e. The Balaban J connectivity index is 2.00. The van der Waals surface area contributed by atoms with Crippen molar-refractivity contribution in [3.8, 4) is 0 Å². The van der Waals surface area contributed by atoms with Crippen molar-refractivity contribution in [1.82, 2.24) is 15.1 Å². The lowest BCUT2D eigenvalue weighted by Gasteiger charge is -2.12. The predicted octanol–water partition coefficient (Wildman–Crippen LogP) is 2.96. The van der Waals surface area contributed by atoms with Gasteiger partial charge in [-0.25, -0.2) is 0 Å². The molecule has 0 radical (unpaired) electrons. The Labute approximate surface area is 115 Å². The van der Waals surface area contributed by atoms with Gasteiger partial charge in [0, 0.05) is 13.1 Å². The molecule has 1 aliphatic carbocycles. The molecule has 1 aliphatic rings. The Morgan fingerprint density at radius 1 is 1.39 bits per heavy atom. The molecule has 0 aromatic carbocycles. The van der Waals surface area contributed by atoms with Crippen molar-refractivity contribution >= 4 is 11.6 Å². The summed E-state index contributed by atoms with van der Waals surface area (Å²) in [6.07, 6.45) is 5.87. The maximum absolute atomic E-state index is 6.41. The molecule has 0 saturated heterocycles. The van der Waals surface area contributed by atoms with Crippen LogP contribution in [0.2, 0.25) is 5.02 Å². The summed E-state index contributed by atoms with van der Waals surface area (Å²) in [5.41, 5.74) is 2.26. The monoisotopic (exact) mass is 269 g/mol. The minimum Gasteiger partial charge on any atom is -0.314 e. The number of hydrogen-bond acceptors (Lipinski definition) is 2. The van der Waals surface area contributed by atoms with Crippen LogP contribution in [-0.4, -0.2) is 22.4 Å². The zero-order valence-corrected chi connectivity index (χ0v) is 12.4. The molecule has 0 amide bonds. The first kappa shape index (κ1) is 13.9. The topological polar surface area (TPSA) is 29.9 Å². The Bertz CT molecular complexity index is 400. The van der Waals surface area contributed by atoms with Gasteiger partial charge in [-0.3, -0.25) is 4.68 Å². The summed E-state index contributed by atoms with van der Waals surface area (Å²) in [5, 5.41) is 8.94. The first-order valence-electron chi connectivity index (χ1n) is 7.09. The number of hydrogen-bond donors (Lipinski definition) is 1. The van der Waals surface area contributed by atoms with Crippen LogP contribution in [0.25, 0.3) is 0 Å². The van der Waals surface area contributed by atoms with Gasteiger partial charge in [-0.15, -0.1) is 0 Å². The van der Waals surface area contributed by atoms with Gasteiger partial charge in [-0.05, 0) is 44.6 Å². The van der Waals surface area contributed by atoms with Crippen LogP contribution in [0.15, 0.2) is 0 Å². The second-order valence-corrected chi connectivity index (χ2v) is 5.70. The van der Waals surface area contributed by atoms with E-state index in [1.54, 1.807) is 0 Å². The minimum absolute atomic E-state index is 0.706. The molecule has 1 fully saturated rings. The van der Waals surface area contributed by atoms with E-state index >= 15 is 0 Å². The van der Waals surface area contributed by atoms with Gasteiger partial charge in [0.25, 0.3) is 0 Å². The van der Waals surface area contributed by atoms with Crippen molar-refractivity contribution in [3.05, 3.63) is 16.4 Å². The lowest BCUT2D eigenvalue weighted by Crippen LogP contribution is -2.26. The van der Waals surface area contributed by atoms with E-state index in [0.717, 1.165) is 36.0 Å². The Morgan fingerprint density at radius 3 is 2.78 bits per heavy atom. The van der Waals surface area contributed by atoms with Crippen molar-refractivity contribution in [2.45, 2.75) is 52.0 Å². The van der Waals surface area contributed by atoms with E-state index in [1.165, 1.54) is 25.0 Å². The third-order valence-electron chi connectivity index (χ3n) is 4.02. The minimum atomic E-state index is 0.706. The molecule has 3 nitrogen and oxygen atoms in total. The Kier molecular flexibility index (Phi) is 4.68. The molecule has 18 heavy (non-hydrogen) atoms. The Morgan fingerprint density at radius 2 is 2.17 bits per heavy atom. The van der Waals surface area contributed by atoms with Crippen LogP contribution in [0.3, 0.4) is 0 Å². The number of aryl methyl sites for hydroxylation is 2. The maximum Gasteiger partial charge on any atom is 0.0849 e. The highest BCUT2D eigenvalue weighted by molar-refractivity contribution is 6.31. The van der Waals surface area contributed by atoms with Crippen LogP contribution < -0.4 is 5.32 Å². The predicted molar refractivity (Wildman–Crippen MR) is 76.1 cm³/mol. The van der Waals surface area contributed by atoms with E-state index in [2.05, 4.69) is 24.3 Å². The number of nitrogens with one attached hydrogen (secondary N) is 1. The van der Waals surface area contributed by atoms with Crippen molar-refractivity contribution in [2.24, 2.45) is 13.0 Å². The van der Waals surface area contributed by atoms with Crippen molar-refractivity contribution in [3.63, 3.8) is 0 Å². The maximum atomic E-state index is 6.41. The fourth-order valence-corrected chi connectivity index (χ4v) is 3.42. The summed E-state index contributed by atoms with van der Waals surface area (Å²) >= 11 is 6.41. The summed E-state index contributed by atoms with van der Waals surface area (Å²) in [6.45, 7) is 5.36. The molecule has 1 aromatic heterocycles. The van der Waals surface area contributed by atoms with Gasteiger partial charge in [-0.2, -0.15) is 5.10 Å². The summed E-state index contributed by atoms with van der Waals surface area (Å²) < 4.78 is 1.97. The second-order valence-electron chi connectivity index (χ2n) is 5.32. The van der Waals surface area contributed by atoms with E-state index in [1.807, 2.05) is 11.7 Å². The molecular weight excluding hydrogens is 246 g/mol. The van der Waals surface area contributed by atoms with Gasteiger partial charge in [0.2, 0.25) is 0 Å². The third-order valence-corrected chi connectivity index (χ3v) is 4.46. The van der Waals surface area contributed by atoms with Gasteiger partial charge >= 0.3 is 0 Å². The first-order chi connectivity index (χ1) is 8.65. The molecule has 1 N–H and O–H groups in total. The molecule has 2 atom stereocenters. The van der Waals surface area contributed by atoms with Crippen molar-refractivity contribution < 1.29 is 0 Å². The third kappa shape index (κ3) is 2.89. The van der Waals surface area contributed by atoms with Gasteiger partial charge < -0.3 is 5.32 Å². The van der Waals surface area contributed by atoms with E-state index in [4.69, 9.17) is 11.6 Å². The molecule has 1 heterocycles. The molecular formula is C14H24ClN3. The molecule has 102 valence electrons. The van der Waals surface area contributed by atoms with E-state index in [9.17, 15) is 0 Å². The zero-order chi connectivity index (χ0) is 13.1. The smallest absolute Gasteiger partial charge is 0.0849 e. The molecule has 2 rings (SSSR count). The van der Waals surface area contributed by atoms with Gasteiger partial charge in [0.15, 0.2) is 0 Å². The van der Waals surface area contributed by atoms with Crippen molar-refractivity contribution in [1.29, 1.82) is 0 Å². The molecule has 0 spiro atoms. The summed E-state index contributed by atoms with van der Waals surface area (Å²) in [7, 11) is 2.01. The highest BCUT2D eigenvalue weighted by Crippen LogP contribution is 2.31. The molecule has 0 aliphatic heterocycles. The molecule has 1 saturated carbocycles. The van der Waals surface area contributed by atoms with Crippen LogP contribution in [0.1, 0.15) is 44.5 Å². The standard InChI is InChI=1S/C14H24ClN3/c1-4-12-14(15)13(18(3)17-12)9-10-6-7-11(8-10)16-5-2/h10-11,16H,4-9H2,1-3H3. The van der Waals surface area contributed by atoms with Crippen LogP contribution in [0.5, 0.6) is 0 Å². The average molecular weight is 270 g/mol. The highest BCUT2D eigenvalue weighted by atomic mass is 35.5. The SMILES string of the molecule is CCNC1CCC(Cc2c(Cl)c(CC)nn2C)C1. The average Bonchev–Trinajstić information content (AvgIpc) is 2.89. The number of halogens is 1. The van der Waals surface area contributed by atoms with Crippen LogP contribution >= 0.6 is 11.6 Å². The van der Waals surface area contributed by atoms with Crippen molar-refractivity contribution in [2.75, 3.05) is 6.54 Å². The molecule has 2 unspecified atom stereocenters. The van der Waals surface area contributed by atoms with E-state index < -0.39 is 0 Å². The van der Waals surface area contributed by atoms with E-state index in [0.29, 0.717) is 6.04 Å². The highest BCUT2D eigenvalue weighted by Gasteiger charge is 2.26. The molecule has 4 heteroatoms. The van der Waals surface area contributed by atoms with Crippen LogP contribution in [0.4, 0.5) is 0 Å². The summed E-state index contributed by atoms with van der Waals surface area (Å²) in [5.74, 6) is 0.756. The quantitative estimate of drug-likeness (QED) is 0.891. The molecule has 1 aromatic rings. The lowest BCUT2D eigenvalue weighted by molar-refractivity contribution is 0.482. The summed E-state index contributed by atoms with van der Waals surface area (Å²) in [6, 6.07) is 0.706. The normalized spacial score (nSPS) is 23.8. The van der Waals surface area contributed by atoms with Gasteiger partial charge in [0.05, 0.1) is 16.4 Å². The van der Waals surface area contributed by atoms with E-state index in [-0.39, 0.29) is 0 Å². The molecule has 0 bridgehead atoms. The lowest BCUT2D eigenvalue weighted by atomic mass is 10.0. The van der Waals surface area contributed by atoms with Gasteiger partial charge in [-0.1, -0.05) is 25.4 Å². The first-order valence-corrected chi connectivity index (χ1v) is 7.47. The fourth-order valence-electron chi connectivity index (χ4n) is 3.05.